The van der Waals surface area contributed by atoms with Gasteiger partial charge in [0.15, 0.2) is 0 Å². The standard InChI is InChI=1S/C36H40F2/c1-3-5-7-8-9-10-11-12-14-30-17-21-32(22-18-30)25-26-34-35(37)27-33(28-36(34)38)24-23-31-19-15-29(16-20-31)13-6-4-2/h15-22,27-28H,3-14H2,1-2H3. The summed E-state index contributed by atoms with van der Waals surface area (Å²) in [6, 6.07) is 18.5. The Labute approximate surface area is 228 Å². The van der Waals surface area contributed by atoms with Crippen molar-refractivity contribution < 1.29 is 8.78 Å². The molecule has 0 N–H and O–H groups in total. The Morgan fingerprint density at radius 1 is 0.474 bits per heavy atom. The van der Waals surface area contributed by atoms with Crippen LogP contribution in [0, 0.1) is 35.3 Å². The molecule has 0 radical (unpaired) electrons. The third-order valence-electron chi connectivity index (χ3n) is 6.77. The van der Waals surface area contributed by atoms with E-state index >= 15 is 0 Å². The number of hydrogen-bond acceptors (Lipinski definition) is 0. The van der Waals surface area contributed by atoms with E-state index in [1.54, 1.807) is 0 Å². The van der Waals surface area contributed by atoms with Gasteiger partial charge in [-0.1, -0.05) is 113 Å². The lowest BCUT2D eigenvalue weighted by atomic mass is 10.0. The predicted molar refractivity (Wildman–Crippen MR) is 156 cm³/mol. The van der Waals surface area contributed by atoms with Crippen molar-refractivity contribution in [2.24, 2.45) is 0 Å². The highest BCUT2D eigenvalue weighted by atomic mass is 19.1. The van der Waals surface area contributed by atoms with Gasteiger partial charge in [-0.3, -0.25) is 0 Å². The van der Waals surface area contributed by atoms with Crippen LogP contribution in [0.5, 0.6) is 0 Å². The molecule has 0 fully saturated rings. The largest absolute Gasteiger partial charge is 0.205 e. The average Bonchev–Trinajstić information content (AvgIpc) is 2.93. The van der Waals surface area contributed by atoms with Crippen molar-refractivity contribution in [3.63, 3.8) is 0 Å². The molecule has 0 aliphatic heterocycles. The van der Waals surface area contributed by atoms with Gasteiger partial charge in [-0.2, -0.15) is 0 Å². The van der Waals surface area contributed by atoms with Gasteiger partial charge in [0.1, 0.15) is 11.6 Å². The van der Waals surface area contributed by atoms with Crippen LogP contribution in [0.3, 0.4) is 0 Å². The summed E-state index contributed by atoms with van der Waals surface area (Å²) in [5.41, 5.74) is 4.19. The zero-order valence-electron chi connectivity index (χ0n) is 23.0. The van der Waals surface area contributed by atoms with E-state index in [1.165, 1.54) is 74.6 Å². The molecule has 0 aromatic heterocycles. The fourth-order valence-corrected chi connectivity index (χ4v) is 4.40. The Kier molecular flexibility index (Phi) is 12.7. The minimum absolute atomic E-state index is 0.223. The van der Waals surface area contributed by atoms with Gasteiger partial charge < -0.3 is 0 Å². The maximum absolute atomic E-state index is 14.7. The summed E-state index contributed by atoms with van der Waals surface area (Å²) in [5, 5.41) is 0. The van der Waals surface area contributed by atoms with E-state index < -0.39 is 11.6 Å². The molecule has 198 valence electrons. The fourth-order valence-electron chi connectivity index (χ4n) is 4.40. The second kappa shape index (κ2) is 16.5. The summed E-state index contributed by atoms with van der Waals surface area (Å²) >= 11 is 0. The molecule has 0 aliphatic rings. The minimum atomic E-state index is -0.692. The molecule has 0 bridgehead atoms. The number of benzene rings is 3. The van der Waals surface area contributed by atoms with Gasteiger partial charge in [-0.15, -0.1) is 0 Å². The van der Waals surface area contributed by atoms with Crippen LogP contribution in [0.25, 0.3) is 0 Å². The number of rotatable bonds is 12. The molecule has 2 heteroatoms. The SMILES string of the molecule is CCCCCCCCCCc1ccc(C#Cc2c(F)cc(C#Cc3ccc(CCCC)cc3)cc2F)cc1. The van der Waals surface area contributed by atoms with Crippen molar-refractivity contribution in [1.29, 1.82) is 0 Å². The molecular formula is C36H40F2. The topological polar surface area (TPSA) is 0 Å². The summed E-state index contributed by atoms with van der Waals surface area (Å²) in [6.07, 6.45) is 14.9. The van der Waals surface area contributed by atoms with Crippen LogP contribution in [0.2, 0.25) is 0 Å². The quantitative estimate of drug-likeness (QED) is 0.168. The van der Waals surface area contributed by atoms with E-state index in [-0.39, 0.29) is 5.56 Å². The molecule has 3 aromatic carbocycles. The van der Waals surface area contributed by atoms with E-state index in [0.29, 0.717) is 5.56 Å². The summed E-state index contributed by atoms with van der Waals surface area (Å²) < 4.78 is 29.3. The molecule has 0 saturated heterocycles. The van der Waals surface area contributed by atoms with Gasteiger partial charge in [0, 0.05) is 16.7 Å². The van der Waals surface area contributed by atoms with Crippen molar-refractivity contribution in [1.82, 2.24) is 0 Å². The summed E-state index contributed by atoms with van der Waals surface area (Å²) in [4.78, 5) is 0. The maximum Gasteiger partial charge on any atom is 0.143 e. The summed E-state index contributed by atoms with van der Waals surface area (Å²) in [5.74, 6) is 10.1. The van der Waals surface area contributed by atoms with Gasteiger partial charge in [0.2, 0.25) is 0 Å². The molecule has 0 aliphatic carbocycles. The monoisotopic (exact) mass is 510 g/mol. The first-order valence-electron chi connectivity index (χ1n) is 14.3. The highest BCUT2D eigenvalue weighted by molar-refractivity contribution is 5.49. The summed E-state index contributed by atoms with van der Waals surface area (Å²) in [6.45, 7) is 4.42. The second-order valence-electron chi connectivity index (χ2n) is 10.0. The lowest BCUT2D eigenvalue weighted by Crippen LogP contribution is -1.93. The number of hydrogen-bond donors (Lipinski definition) is 0. The Morgan fingerprint density at radius 3 is 1.42 bits per heavy atom. The fraction of sp³-hybridized carbons (Fsp3) is 0.389. The molecule has 3 rings (SSSR count). The van der Waals surface area contributed by atoms with Crippen molar-refractivity contribution >= 4 is 0 Å². The van der Waals surface area contributed by atoms with E-state index in [0.717, 1.165) is 36.8 Å². The second-order valence-corrected chi connectivity index (χ2v) is 10.0. The van der Waals surface area contributed by atoms with Gasteiger partial charge in [0.25, 0.3) is 0 Å². The van der Waals surface area contributed by atoms with Crippen LogP contribution >= 0.6 is 0 Å². The van der Waals surface area contributed by atoms with Crippen molar-refractivity contribution in [3.8, 4) is 23.7 Å². The number of halogens is 2. The van der Waals surface area contributed by atoms with Crippen molar-refractivity contribution in [3.05, 3.63) is 106 Å². The molecule has 0 amide bonds. The van der Waals surface area contributed by atoms with Crippen LogP contribution in [0.15, 0.2) is 60.7 Å². The molecule has 0 nitrogen and oxygen atoms in total. The summed E-state index contributed by atoms with van der Waals surface area (Å²) in [7, 11) is 0. The van der Waals surface area contributed by atoms with Crippen LogP contribution in [0.4, 0.5) is 8.78 Å². The zero-order chi connectivity index (χ0) is 27.0. The van der Waals surface area contributed by atoms with E-state index in [9.17, 15) is 8.78 Å². The van der Waals surface area contributed by atoms with E-state index in [2.05, 4.69) is 61.8 Å². The maximum atomic E-state index is 14.7. The molecule has 0 atom stereocenters. The Bertz CT molecular complexity index is 1220. The lowest BCUT2D eigenvalue weighted by molar-refractivity contribution is 0.575. The normalized spacial score (nSPS) is 10.4. The van der Waals surface area contributed by atoms with Gasteiger partial charge in [-0.25, -0.2) is 8.78 Å². The Balaban J connectivity index is 1.54. The van der Waals surface area contributed by atoms with Crippen LogP contribution in [0.1, 0.15) is 111 Å². The number of unbranched alkanes of at least 4 members (excludes halogenated alkanes) is 8. The van der Waals surface area contributed by atoms with Gasteiger partial charge in [-0.05, 0) is 73.2 Å². The van der Waals surface area contributed by atoms with Crippen LogP contribution < -0.4 is 0 Å². The predicted octanol–water partition coefficient (Wildman–Crippen LogP) is 9.79. The van der Waals surface area contributed by atoms with Gasteiger partial charge in [0.05, 0.1) is 5.56 Å². The average molecular weight is 511 g/mol. The molecule has 0 spiro atoms. The van der Waals surface area contributed by atoms with Crippen molar-refractivity contribution in [2.45, 2.75) is 90.9 Å². The van der Waals surface area contributed by atoms with E-state index in [4.69, 9.17) is 0 Å². The molecule has 0 unspecified atom stereocenters. The molecule has 38 heavy (non-hydrogen) atoms. The first-order valence-corrected chi connectivity index (χ1v) is 14.3. The van der Waals surface area contributed by atoms with Crippen LogP contribution in [-0.4, -0.2) is 0 Å². The minimum Gasteiger partial charge on any atom is -0.205 e. The number of aryl methyl sites for hydroxylation is 2. The van der Waals surface area contributed by atoms with Crippen LogP contribution in [-0.2, 0) is 12.8 Å². The highest BCUT2D eigenvalue weighted by Crippen LogP contribution is 2.16. The van der Waals surface area contributed by atoms with E-state index in [1.807, 2.05) is 24.3 Å². The Morgan fingerprint density at radius 2 is 0.895 bits per heavy atom. The third-order valence-corrected chi connectivity index (χ3v) is 6.77. The lowest BCUT2D eigenvalue weighted by Gasteiger charge is -2.03. The molecular weight excluding hydrogens is 470 g/mol. The first kappa shape index (κ1) is 29.2. The molecule has 0 saturated carbocycles. The molecule has 0 heterocycles. The zero-order valence-corrected chi connectivity index (χ0v) is 23.0. The molecule has 3 aromatic rings. The van der Waals surface area contributed by atoms with Gasteiger partial charge >= 0.3 is 0 Å². The first-order chi connectivity index (χ1) is 18.6. The van der Waals surface area contributed by atoms with Crippen molar-refractivity contribution in [2.75, 3.05) is 0 Å². The highest BCUT2D eigenvalue weighted by Gasteiger charge is 2.08. The Hall–Kier alpha value is -3.36. The smallest absolute Gasteiger partial charge is 0.143 e. The third kappa shape index (κ3) is 10.2.